The normalized spacial score (nSPS) is 19.3. The van der Waals surface area contributed by atoms with E-state index >= 15 is 0 Å². The molecule has 0 radical (unpaired) electrons. The van der Waals surface area contributed by atoms with Gasteiger partial charge in [-0.25, -0.2) is 4.98 Å². The lowest BCUT2D eigenvalue weighted by molar-refractivity contribution is -0.123. The third-order valence-electron chi connectivity index (χ3n) is 2.87. The first kappa shape index (κ1) is 11.4. The van der Waals surface area contributed by atoms with Crippen LogP contribution in [0.4, 0.5) is 5.82 Å². The van der Waals surface area contributed by atoms with Gasteiger partial charge in [0.25, 0.3) is 0 Å². The highest BCUT2D eigenvalue weighted by atomic mass is 16.2. The number of nitrogens with one attached hydrogen (secondary N) is 2. The second-order valence-electron chi connectivity index (χ2n) is 4.09. The molecule has 1 aromatic rings. The van der Waals surface area contributed by atoms with Crippen LogP contribution in [0.5, 0.6) is 0 Å². The maximum absolute atomic E-state index is 11.6. The molecule has 0 saturated carbocycles. The van der Waals surface area contributed by atoms with E-state index in [1.807, 2.05) is 6.92 Å². The molecule has 88 valence electrons. The second kappa shape index (κ2) is 4.83. The molecule has 1 fully saturated rings. The van der Waals surface area contributed by atoms with Crippen molar-refractivity contribution >= 4 is 11.7 Å². The molecule has 1 amide bonds. The summed E-state index contributed by atoms with van der Waals surface area (Å²) in [6.07, 6.45) is 3.35. The number of pyridine rings is 1. The second-order valence-corrected chi connectivity index (χ2v) is 4.09. The van der Waals surface area contributed by atoms with Crippen molar-refractivity contribution in [1.29, 1.82) is 5.26 Å². The summed E-state index contributed by atoms with van der Waals surface area (Å²) in [5, 5.41) is 14.9. The number of amides is 1. The van der Waals surface area contributed by atoms with Crippen LogP contribution in [-0.4, -0.2) is 23.5 Å². The van der Waals surface area contributed by atoms with Gasteiger partial charge >= 0.3 is 0 Å². The molecular weight excluding hydrogens is 216 g/mol. The highest BCUT2D eigenvalue weighted by molar-refractivity contribution is 5.85. The molecule has 2 heterocycles. The monoisotopic (exact) mass is 230 g/mol. The number of aromatic nitrogens is 1. The lowest BCUT2D eigenvalue weighted by Gasteiger charge is -2.23. The topological polar surface area (TPSA) is 77.8 Å². The number of nitriles is 1. The van der Waals surface area contributed by atoms with Crippen LogP contribution < -0.4 is 10.6 Å². The van der Waals surface area contributed by atoms with Crippen molar-refractivity contribution in [3.63, 3.8) is 0 Å². The third kappa shape index (κ3) is 2.36. The molecule has 17 heavy (non-hydrogen) atoms. The highest BCUT2D eigenvalue weighted by Crippen LogP contribution is 2.18. The number of anilines is 1. The largest absolute Gasteiger partial charge is 0.357 e. The van der Waals surface area contributed by atoms with Gasteiger partial charge in [0, 0.05) is 12.7 Å². The van der Waals surface area contributed by atoms with E-state index in [9.17, 15) is 4.79 Å². The smallest absolute Gasteiger partial charge is 0.242 e. The number of rotatable bonds is 2. The van der Waals surface area contributed by atoms with Gasteiger partial charge in [0.1, 0.15) is 17.9 Å². The number of nitrogens with zero attached hydrogens (tertiary/aromatic N) is 2. The van der Waals surface area contributed by atoms with Gasteiger partial charge in [-0.15, -0.1) is 0 Å². The van der Waals surface area contributed by atoms with Crippen LogP contribution >= 0.6 is 0 Å². The summed E-state index contributed by atoms with van der Waals surface area (Å²) in [6.45, 7) is 2.58. The summed E-state index contributed by atoms with van der Waals surface area (Å²) in [5.41, 5.74) is 1.37. The number of carbonyl (C=O) groups is 1. The van der Waals surface area contributed by atoms with E-state index in [0.717, 1.165) is 24.9 Å². The van der Waals surface area contributed by atoms with E-state index in [4.69, 9.17) is 5.26 Å². The predicted octanol–water partition coefficient (Wildman–Crippen LogP) is 0.952. The fourth-order valence-corrected chi connectivity index (χ4v) is 1.88. The van der Waals surface area contributed by atoms with Crippen molar-refractivity contribution in [2.24, 2.45) is 0 Å². The fraction of sp³-hybridized carbons (Fsp3) is 0.417. The average molecular weight is 230 g/mol. The molecule has 0 spiro atoms. The summed E-state index contributed by atoms with van der Waals surface area (Å²) in [4.78, 5) is 15.7. The van der Waals surface area contributed by atoms with E-state index in [2.05, 4.69) is 21.7 Å². The van der Waals surface area contributed by atoms with Gasteiger partial charge in [-0.2, -0.15) is 5.26 Å². The van der Waals surface area contributed by atoms with E-state index in [1.54, 1.807) is 12.3 Å². The van der Waals surface area contributed by atoms with Crippen molar-refractivity contribution in [2.75, 3.05) is 11.9 Å². The summed E-state index contributed by atoms with van der Waals surface area (Å²) in [5.74, 6) is 0.470. The highest BCUT2D eigenvalue weighted by Gasteiger charge is 2.23. The number of carbonyl (C=O) groups excluding carboxylic acids is 1. The first-order valence-electron chi connectivity index (χ1n) is 5.62. The summed E-state index contributed by atoms with van der Waals surface area (Å²) in [6, 6.07) is 3.61. The van der Waals surface area contributed by atoms with Crippen molar-refractivity contribution < 1.29 is 4.79 Å². The van der Waals surface area contributed by atoms with Gasteiger partial charge in [0.15, 0.2) is 0 Å². The van der Waals surface area contributed by atoms with Crippen LogP contribution in [0.3, 0.4) is 0 Å². The van der Waals surface area contributed by atoms with Crippen LogP contribution in [-0.2, 0) is 4.79 Å². The molecule has 2 rings (SSSR count). The fourth-order valence-electron chi connectivity index (χ4n) is 1.88. The molecule has 1 saturated heterocycles. The first-order valence-corrected chi connectivity index (χ1v) is 5.62. The zero-order chi connectivity index (χ0) is 12.3. The molecule has 1 atom stereocenters. The van der Waals surface area contributed by atoms with Gasteiger partial charge in [-0.3, -0.25) is 4.79 Å². The molecule has 1 unspecified atom stereocenters. The molecule has 2 N–H and O–H groups in total. The van der Waals surface area contributed by atoms with Crippen LogP contribution in [0.15, 0.2) is 12.3 Å². The SMILES string of the molecule is Cc1ccnc(NC2CCCNC2=O)c1C#N. The van der Waals surface area contributed by atoms with Crippen LogP contribution in [0, 0.1) is 18.3 Å². The Labute approximate surface area is 99.9 Å². The van der Waals surface area contributed by atoms with E-state index in [0.29, 0.717) is 11.4 Å². The number of aryl methyl sites for hydroxylation is 1. The Bertz CT molecular complexity index is 478. The Morgan fingerprint density at radius 3 is 3.18 bits per heavy atom. The maximum Gasteiger partial charge on any atom is 0.242 e. The average Bonchev–Trinajstić information content (AvgIpc) is 2.32. The predicted molar refractivity (Wildman–Crippen MR) is 63.3 cm³/mol. The number of piperidine rings is 1. The Balaban J connectivity index is 2.21. The van der Waals surface area contributed by atoms with Crippen molar-refractivity contribution in [1.82, 2.24) is 10.3 Å². The minimum atomic E-state index is -0.287. The standard InChI is InChI=1S/C12H14N4O/c1-8-4-6-14-11(9(8)7-13)16-10-3-2-5-15-12(10)17/h4,6,10H,2-3,5H2,1H3,(H,14,16)(H,15,17). The van der Waals surface area contributed by atoms with Gasteiger partial charge in [-0.1, -0.05) is 0 Å². The zero-order valence-electron chi connectivity index (χ0n) is 9.66. The lowest BCUT2D eigenvalue weighted by Crippen LogP contribution is -2.44. The Kier molecular flexibility index (Phi) is 3.24. The van der Waals surface area contributed by atoms with Gasteiger partial charge in [0.05, 0.1) is 5.56 Å². The third-order valence-corrected chi connectivity index (χ3v) is 2.87. The van der Waals surface area contributed by atoms with Crippen LogP contribution in [0.1, 0.15) is 24.0 Å². The zero-order valence-corrected chi connectivity index (χ0v) is 9.66. The molecule has 0 aromatic carbocycles. The maximum atomic E-state index is 11.6. The van der Waals surface area contributed by atoms with Crippen molar-refractivity contribution in [2.45, 2.75) is 25.8 Å². The van der Waals surface area contributed by atoms with E-state index in [-0.39, 0.29) is 11.9 Å². The van der Waals surface area contributed by atoms with Crippen LogP contribution in [0.25, 0.3) is 0 Å². The molecule has 5 heteroatoms. The number of hydrogen-bond acceptors (Lipinski definition) is 4. The lowest BCUT2D eigenvalue weighted by atomic mass is 10.1. The Morgan fingerprint density at radius 1 is 1.65 bits per heavy atom. The molecular formula is C12H14N4O. The first-order chi connectivity index (χ1) is 8.22. The molecule has 1 aromatic heterocycles. The minimum Gasteiger partial charge on any atom is -0.357 e. The van der Waals surface area contributed by atoms with Crippen LogP contribution in [0.2, 0.25) is 0 Å². The molecule has 0 bridgehead atoms. The molecule has 1 aliphatic rings. The Hall–Kier alpha value is -2.09. The summed E-state index contributed by atoms with van der Waals surface area (Å²) in [7, 11) is 0. The summed E-state index contributed by atoms with van der Waals surface area (Å²) >= 11 is 0. The quantitative estimate of drug-likeness (QED) is 0.793. The van der Waals surface area contributed by atoms with Crippen molar-refractivity contribution in [3.05, 3.63) is 23.4 Å². The minimum absolute atomic E-state index is 0.0246. The summed E-state index contributed by atoms with van der Waals surface area (Å²) < 4.78 is 0. The molecule has 0 aliphatic carbocycles. The van der Waals surface area contributed by atoms with Gasteiger partial charge in [-0.05, 0) is 31.4 Å². The molecule has 5 nitrogen and oxygen atoms in total. The van der Waals surface area contributed by atoms with Gasteiger partial charge in [0.2, 0.25) is 5.91 Å². The Morgan fingerprint density at radius 2 is 2.47 bits per heavy atom. The van der Waals surface area contributed by atoms with Crippen molar-refractivity contribution in [3.8, 4) is 6.07 Å². The van der Waals surface area contributed by atoms with E-state index < -0.39 is 0 Å². The number of hydrogen-bond donors (Lipinski definition) is 2. The molecule has 1 aliphatic heterocycles. The van der Waals surface area contributed by atoms with Gasteiger partial charge < -0.3 is 10.6 Å². The van der Waals surface area contributed by atoms with E-state index in [1.165, 1.54) is 0 Å².